The molecule has 0 saturated carbocycles. The van der Waals surface area contributed by atoms with Gasteiger partial charge in [0.1, 0.15) is 17.3 Å². The van der Waals surface area contributed by atoms with Gasteiger partial charge in [-0.3, -0.25) is 14.2 Å². The Morgan fingerprint density at radius 3 is 2.51 bits per heavy atom. The van der Waals surface area contributed by atoms with Gasteiger partial charge >= 0.3 is 0 Å². The lowest BCUT2D eigenvalue weighted by molar-refractivity contribution is -0.113. The highest BCUT2D eigenvalue weighted by Gasteiger charge is 2.18. The third kappa shape index (κ3) is 4.29. The fourth-order valence-electron chi connectivity index (χ4n) is 3.87. The van der Waals surface area contributed by atoms with Crippen molar-refractivity contribution in [2.75, 3.05) is 11.1 Å². The van der Waals surface area contributed by atoms with Gasteiger partial charge in [0.15, 0.2) is 5.16 Å². The number of furan rings is 1. The minimum absolute atomic E-state index is 0.0117. The molecule has 0 aliphatic rings. The first-order valence-corrected chi connectivity index (χ1v) is 12.0. The van der Waals surface area contributed by atoms with Gasteiger partial charge in [-0.2, -0.15) is 5.26 Å². The molecular formula is C27H20N4O3S. The van der Waals surface area contributed by atoms with E-state index >= 15 is 0 Å². The van der Waals surface area contributed by atoms with E-state index in [1.165, 1.54) is 4.57 Å². The second-order valence-electron chi connectivity index (χ2n) is 7.82. The SMILES string of the molecule is CCc1ccc(-n2c(SCC(=O)Nc3c(C#N)oc4ccccc34)nc3ccccc3c2=O)cc1. The zero-order valence-electron chi connectivity index (χ0n) is 18.8. The first-order chi connectivity index (χ1) is 17.1. The van der Waals surface area contributed by atoms with E-state index in [0.717, 1.165) is 23.7 Å². The maximum absolute atomic E-state index is 13.4. The smallest absolute Gasteiger partial charge is 0.266 e. The van der Waals surface area contributed by atoms with E-state index in [1.807, 2.05) is 42.5 Å². The predicted octanol–water partition coefficient (Wildman–Crippen LogP) is 5.30. The predicted molar refractivity (Wildman–Crippen MR) is 137 cm³/mol. The third-order valence-electron chi connectivity index (χ3n) is 5.64. The number of carbonyl (C=O) groups is 1. The monoisotopic (exact) mass is 480 g/mol. The van der Waals surface area contributed by atoms with Crippen molar-refractivity contribution in [1.82, 2.24) is 9.55 Å². The second-order valence-corrected chi connectivity index (χ2v) is 8.77. The molecule has 2 heterocycles. The Morgan fingerprint density at radius 2 is 1.77 bits per heavy atom. The van der Waals surface area contributed by atoms with Crippen molar-refractivity contribution >= 4 is 45.2 Å². The minimum atomic E-state index is -0.339. The van der Waals surface area contributed by atoms with Crippen molar-refractivity contribution < 1.29 is 9.21 Å². The van der Waals surface area contributed by atoms with Crippen LogP contribution in [0, 0.1) is 11.3 Å². The van der Waals surface area contributed by atoms with Crippen molar-refractivity contribution in [3.8, 4) is 11.8 Å². The van der Waals surface area contributed by atoms with Gasteiger partial charge < -0.3 is 9.73 Å². The van der Waals surface area contributed by atoms with E-state index in [4.69, 9.17) is 4.42 Å². The molecule has 0 spiro atoms. The zero-order chi connectivity index (χ0) is 24.4. The van der Waals surface area contributed by atoms with Crippen molar-refractivity contribution in [3.05, 3.63) is 94.5 Å². The van der Waals surface area contributed by atoms with Crippen LogP contribution >= 0.6 is 11.8 Å². The van der Waals surface area contributed by atoms with Gasteiger partial charge in [0.05, 0.1) is 22.3 Å². The minimum Gasteiger partial charge on any atom is -0.443 e. The fraction of sp³-hybridized carbons (Fsp3) is 0.111. The molecule has 0 aliphatic carbocycles. The van der Waals surface area contributed by atoms with Crippen molar-refractivity contribution in [2.45, 2.75) is 18.5 Å². The number of aromatic nitrogens is 2. The molecule has 0 saturated heterocycles. The Morgan fingerprint density at radius 1 is 1.06 bits per heavy atom. The summed E-state index contributed by atoms with van der Waals surface area (Å²) in [5, 5.41) is 13.8. The summed E-state index contributed by atoms with van der Waals surface area (Å²) in [6, 6.07) is 24.0. The molecule has 2 aromatic heterocycles. The number of rotatable bonds is 6. The molecule has 172 valence electrons. The van der Waals surface area contributed by atoms with Gasteiger partial charge in [0.25, 0.3) is 5.56 Å². The molecule has 0 aliphatic heterocycles. The van der Waals surface area contributed by atoms with E-state index in [2.05, 4.69) is 17.2 Å². The normalized spacial score (nSPS) is 11.0. The molecule has 0 unspecified atom stereocenters. The number of thioether (sulfide) groups is 1. The second kappa shape index (κ2) is 9.49. The number of anilines is 1. The lowest BCUT2D eigenvalue weighted by Crippen LogP contribution is -2.23. The summed E-state index contributed by atoms with van der Waals surface area (Å²) in [6.45, 7) is 2.07. The lowest BCUT2D eigenvalue weighted by Gasteiger charge is -2.13. The number of carbonyl (C=O) groups excluding carboxylic acids is 1. The molecule has 3 aromatic carbocycles. The third-order valence-corrected chi connectivity index (χ3v) is 6.58. The number of para-hydroxylation sites is 2. The molecule has 1 amide bonds. The van der Waals surface area contributed by atoms with E-state index < -0.39 is 0 Å². The van der Waals surface area contributed by atoms with E-state index in [9.17, 15) is 14.9 Å². The number of nitrogens with zero attached hydrogens (tertiary/aromatic N) is 3. The van der Waals surface area contributed by atoms with Gasteiger partial charge in [-0.05, 0) is 48.4 Å². The summed E-state index contributed by atoms with van der Waals surface area (Å²) >= 11 is 1.16. The van der Waals surface area contributed by atoms with Crippen LogP contribution in [0.4, 0.5) is 5.69 Å². The van der Waals surface area contributed by atoms with Gasteiger partial charge in [0.2, 0.25) is 11.7 Å². The average Bonchev–Trinajstić information content (AvgIpc) is 3.25. The van der Waals surface area contributed by atoms with E-state index in [1.54, 1.807) is 36.4 Å². The molecular weight excluding hydrogens is 460 g/mol. The largest absolute Gasteiger partial charge is 0.443 e. The molecule has 0 bridgehead atoms. The first kappa shape index (κ1) is 22.4. The lowest BCUT2D eigenvalue weighted by atomic mass is 10.1. The highest BCUT2D eigenvalue weighted by Crippen LogP contribution is 2.30. The number of benzene rings is 3. The van der Waals surface area contributed by atoms with Crippen LogP contribution in [0.15, 0.2) is 87.2 Å². The average molecular weight is 481 g/mol. The van der Waals surface area contributed by atoms with Crippen molar-refractivity contribution in [2.24, 2.45) is 0 Å². The molecule has 35 heavy (non-hydrogen) atoms. The summed E-state index contributed by atoms with van der Waals surface area (Å²) in [6.07, 6.45) is 0.889. The molecule has 0 atom stereocenters. The number of aryl methyl sites for hydroxylation is 1. The Bertz CT molecular complexity index is 1660. The number of nitrogens with one attached hydrogen (secondary N) is 1. The fourth-order valence-corrected chi connectivity index (χ4v) is 4.68. The topological polar surface area (TPSA) is 101 Å². The van der Waals surface area contributed by atoms with Crippen LogP contribution < -0.4 is 10.9 Å². The Balaban J connectivity index is 1.48. The van der Waals surface area contributed by atoms with Crippen LogP contribution in [-0.2, 0) is 11.2 Å². The highest BCUT2D eigenvalue weighted by atomic mass is 32.2. The number of amides is 1. The van der Waals surface area contributed by atoms with Crippen LogP contribution in [-0.4, -0.2) is 21.2 Å². The maximum atomic E-state index is 13.4. The van der Waals surface area contributed by atoms with Crippen LogP contribution in [0.5, 0.6) is 0 Å². The molecule has 1 N–H and O–H groups in total. The molecule has 5 aromatic rings. The van der Waals surface area contributed by atoms with Crippen LogP contribution in [0.2, 0.25) is 0 Å². The van der Waals surface area contributed by atoms with Crippen molar-refractivity contribution in [3.63, 3.8) is 0 Å². The molecule has 0 radical (unpaired) electrons. The summed E-state index contributed by atoms with van der Waals surface area (Å²) in [5.74, 6) is -0.308. The first-order valence-electron chi connectivity index (χ1n) is 11.0. The van der Waals surface area contributed by atoms with E-state index in [0.29, 0.717) is 38.4 Å². The summed E-state index contributed by atoms with van der Waals surface area (Å²) in [7, 11) is 0. The van der Waals surface area contributed by atoms with Gasteiger partial charge in [0, 0.05) is 5.39 Å². The Labute approximate surface area is 205 Å². The number of nitriles is 1. The molecule has 5 rings (SSSR count). The van der Waals surface area contributed by atoms with Crippen LogP contribution in [0.25, 0.3) is 27.6 Å². The van der Waals surface area contributed by atoms with Crippen LogP contribution in [0.1, 0.15) is 18.2 Å². The standard InChI is InChI=1S/C27H20N4O3S/c1-2-17-11-13-18(14-12-17)31-26(33)19-7-3-5-9-21(19)29-27(31)35-16-24(32)30-25-20-8-4-6-10-22(20)34-23(25)15-28/h3-14H,2,16H2,1H3,(H,30,32). The quantitative estimate of drug-likeness (QED) is 0.262. The summed E-state index contributed by atoms with van der Waals surface area (Å²) in [5.41, 5.74) is 3.07. The van der Waals surface area contributed by atoms with Crippen LogP contribution in [0.3, 0.4) is 0 Å². The number of fused-ring (bicyclic) bond motifs is 2. The molecule has 8 heteroatoms. The number of hydrogen-bond acceptors (Lipinski definition) is 6. The van der Waals surface area contributed by atoms with E-state index in [-0.39, 0.29) is 23.0 Å². The summed E-state index contributed by atoms with van der Waals surface area (Å²) < 4.78 is 7.07. The summed E-state index contributed by atoms with van der Waals surface area (Å²) in [4.78, 5) is 31.0. The molecule has 0 fully saturated rings. The Hall–Kier alpha value is -4.35. The van der Waals surface area contributed by atoms with Crippen molar-refractivity contribution in [1.29, 1.82) is 5.26 Å². The van der Waals surface area contributed by atoms with Gasteiger partial charge in [-0.1, -0.05) is 55.1 Å². The number of hydrogen-bond donors (Lipinski definition) is 1. The highest BCUT2D eigenvalue weighted by molar-refractivity contribution is 7.99. The zero-order valence-corrected chi connectivity index (χ0v) is 19.6. The Kier molecular flexibility index (Phi) is 6.08. The maximum Gasteiger partial charge on any atom is 0.266 e. The molecule has 7 nitrogen and oxygen atoms in total. The van der Waals surface area contributed by atoms with Gasteiger partial charge in [-0.25, -0.2) is 4.98 Å². The van der Waals surface area contributed by atoms with Gasteiger partial charge in [-0.15, -0.1) is 0 Å².